The minimum Gasteiger partial charge on any atom is -0.351 e. The van der Waals surface area contributed by atoms with Crippen molar-refractivity contribution in [2.24, 2.45) is 5.92 Å². The minimum atomic E-state index is -0.491. The molecule has 2 fully saturated rings. The van der Waals surface area contributed by atoms with Gasteiger partial charge in [0.05, 0.1) is 0 Å². The van der Waals surface area contributed by atoms with E-state index >= 15 is 0 Å². The first-order valence-electron chi connectivity index (χ1n) is 6.53. The molecule has 0 unspecified atom stereocenters. The van der Waals surface area contributed by atoms with Crippen LogP contribution in [0.3, 0.4) is 0 Å². The Bertz CT molecular complexity index is 386. The summed E-state index contributed by atoms with van der Waals surface area (Å²) in [4.78, 5) is 34.7. The molecule has 18 heavy (non-hydrogen) atoms. The Morgan fingerprint density at radius 1 is 1.39 bits per heavy atom. The monoisotopic (exact) mass is 252 g/mol. The fourth-order valence-corrected chi connectivity index (χ4v) is 2.34. The topological polar surface area (TPSA) is 75.3 Å². The molecule has 100 valence electrons. The van der Waals surface area contributed by atoms with Crippen LogP contribution in [-0.2, 0) is 14.4 Å². The van der Waals surface area contributed by atoms with E-state index in [1.165, 1.54) is 0 Å². The number of carbonyl (C=O) groups is 3. The summed E-state index contributed by atoms with van der Waals surface area (Å²) in [6.45, 7) is 3.93. The SMILES string of the molecule is CC1(C)C[C@@H](CCC(=O)C(=O)NC2CC2)C(=O)N1. The van der Waals surface area contributed by atoms with Crippen molar-refractivity contribution in [3.05, 3.63) is 0 Å². The highest BCUT2D eigenvalue weighted by atomic mass is 16.2. The molecule has 2 N–H and O–H groups in total. The molecule has 0 bridgehead atoms. The van der Waals surface area contributed by atoms with Gasteiger partial charge in [0, 0.05) is 23.9 Å². The molecule has 0 aromatic carbocycles. The maximum absolute atomic E-state index is 11.6. The van der Waals surface area contributed by atoms with Gasteiger partial charge in [-0.2, -0.15) is 0 Å². The third-order valence-corrected chi connectivity index (χ3v) is 3.47. The van der Waals surface area contributed by atoms with Crippen LogP contribution in [0.2, 0.25) is 0 Å². The van der Waals surface area contributed by atoms with Crippen LogP contribution in [-0.4, -0.2) is 29.2 Å². The van der Waals surface area contributed by atoms with E-state index in [4.69, 9.17) is 0 Å². The standard InChI is InChI=1S/C13H20N2O3/c1-13(2)7-8(11(17)15-13)3-6-10(16)12(18)14-9-4-5-9/h8-9H,3-7H2,1-2H3,(H,14,18)(H,15,17)/t8-/m1/s1. The summed E-state index contributed by atoms with van der Waals surface area (Å²) >= 11 is 0. The zero-order chi connectivity index (χ0) is 13.3. The smallest absolute Gasteiger partial charge is 0.287 e. The molecule has 1 aliphatic heterocycles. The first kappa shape index (κ1) is 13.1. The normalized spacial score (nSPS) is 25.7. The second-order valence-corrected chi connectivity index (χ2v) is 5.98. The van der Waals surface area contributed by atoms with Gasteiger partial charge in [-0.3, -0.25) is 14.4 Å². The lowest BCUT2D eigenvalue weighted by Gasteiger charge is -2.16. The molecule has 5 nitrogen and oxygen atoms in total. The number of ketones is 1. The van der Waals surface area contributed by atoms with Gasteiger partial charge in [0.1, 0.15) is 0 Å². The van der Waals surface area contributed by atoms with Crippen LogP contribution in [0.4, 0.5) is 0 Å². The molecule has 2 amide bonds. The van der Waals surface area contributed by atoms with E-state index < -0.39 is 11.7 Å². The van der Waals surface area contributed by atoms with Crippen LogP contribution in [0.25, 0.3) is 0 Å². The van der Waals surface area contributed by atoms with Crippen molar-refractivity contribution < 1.29 is 14.4 Å². The molecule has 0 radical (unpaired) electrons. The predicted octanol–water partition coefficient (Wildman–Crippen LogP) is 0.529. The van der Waals surface area contributed by atoms with E-state index in [-0.39, 0.29) is 29.8 Å². The Morgan fingerprint density at radius 3 is 2.56 bits per heavy atom. The number of amides is 2. The Hall–Kier alpha value is -1.39. The Kier molecular flexibility index (Phi) is 3.41. The summed E-state index contributed by atoms with van der Waals surface area (Å²) in [7, 11) is 0. The number of nitrogens with one attached hydrogen (secondary N) is 2. The molecule has 5 heteroatoms. The highest BCUT2D eigenvalue weighted by Gasteiger charge is 2.37. The van der Waals surface area contributed by atoms with Gasteiger partial charge in [0.2, 0.25) is 11.7 Å². The van der Waals surface area contributed by atoms with E-state index in [0.29, 0.717) is 6.42 Å². The molecule has 1 aliphatic carbocycles. The lowest BCUT2D eigenvalue weighted by Crippen LogP contribution is -2.34. The Balaban J connectivity index is 1.75. The third-order valence-electron chi connectivity index (χ3n) is 3.47. The average molecular weight is 252 g/mol. The second-order valence-electron chi connectivity index (χ2n) is 5.98. The number of hydrogen-bond acceptors (Lipinski definition) is 3. The van der Waals surface area contributed by atoms with E-state index in [9.17, 15) is 14.4 Å². The summed E-state index contributed by atoms with van der Waals surface area (Å²) in [6, 6.07) is 0.204. The van der Waals surface area contributed by atoms with Crippen molar-refractivity contribution in [2.45, 2.75) is 57.5 Å². The van der Waals surface area contributed by atoms with Gasteiger partial charge in [0.25, 0.3) is 5.91 Å². The molecule has 0 aromatic rings. The van der Waals surface area contributed by atoms with E-state index in [1.54, 1.807) is 0 Å². The summed E-state index contributed by atoms with van der Waals surface area (Å²) in [5.41, 5.74) is -0.193. The van der Waals surface area contributed by atoms with Gasteiger partial charge in [-0.05, 0) is 39.5 Å². The maximum atomic E-state index is 11.6. The number of rotatable bonds is 5. The van der Waals surface area contributed by atoms with Gasteiger partial charge in [-0.25, -0.2) is 0 Å². The molecule has 1 saturated heterocycles. The van der Waals surface area contributed by atoms with Crippen LogP contribution in [0.5, 0.6) is 0 Å². The quantitative estimate of drug-likeness (QED) is 0.701. The van der Waals surface area contributed by atoms with Crippen LogP contribution >= 0.6 is 0 Å². The Morgan fingerprint density at radius 2 is 2.06 bits per heavy atom. The zero-order valence-electron chi connectivity index (χ0n) is 10.9. The molecular formula is C13H20N2O3. The maximum Gasteiger partial charge on any atom is 0.287 e. The van der Waals surface area contributed by atoms with Crippen LogP contribution in [0.1, 0.15) is 46.0 Å². The lowest BCUT2D eigenvalue weighted by molar-refractivity contribution is -0.138. The van der Waals surface area contributed by atoms with Crippen molar-refractivity contribution in [3.8, 4) is 0 Å². The van der Waals surface area contributed by atoms with Gasteiger partial charge < -0.3 is 10.6 Å². The molecule has 0 spiro atoms. The van der Waals surface area contributed by atoms with E-state index in [0.717, 1.165) is 19.3 Å². The van der Waals surface area contributed by atoms with Gasteiger partial charge in [-0.15, -0.1) is 0 Å². The molecule has 1 atom stereocenters. The number of Topliss-reactive ketones (excluding diaryl/α,β-unsaturated/α-hetero) is 1. The summed E-state index contributed by atoms with van der Waals surface area (Å²) < 4.78 is 0. The number of hydrogen-bond donors (Lipinski definition) is 2. The van der Waals surface area contributed by atoms with Gasteiger partial charge >= 0.3 is 0 Å². The molecule has 2 rings (SSSR count). The molecule has 0 aromatic heterocycles. The minimum absolute atomic E-state index is 0.00426. The van der Waals surface area contributed by atoms with Gasteiger partial charge in [0.15, 0.2) is 0 Å². The predicted molar refractivity (Wildman–Crippen MR) is 65.7 cm³/mol. The van der Waals surface area contributed by atoms with Crippen LogP contribution in [0.15, 0.2) is 0 Å². The second kappa shape index (κ2) is 4.71. The molecule has 2 aliphatic rings. The summed E-state index contributed by atoms with van der Waals surface area (Å²) in [5, 5.41) is 5.56. The first-order valence-corrected chi connectivity index (χ1v) is 6.53. The van der Waals surface area contributed by atoms with Crippen molar-refractivity contribution in [3.63, 3.8) is 0 Å². The van der Waals surface area contributed by atoms with Crippen molar-refractivity contribution >= 4 is 17.6 Å². The average Bonchev–Trinajstić information content (AvgIpc) is 3.01. The van der Waals surface area contributed by atoms with Crippen molar-refractivity contribution in [1.29, 1.82) is 0 Å². The van der Waals surface area contributed by atoms with Crippen molar-refractivity contribution in [1.82, 2.24) is 10.6 Å². The summed E-state index contributed by atoms with van der Waals surface area (Å²) in [5.74, 6) is -1.04. The Labute approximate surface area is 107 Å². The van der Waals surface area contributed by atoms with E-state index in [1.807, 2.05) is 13.8 Å². The lowest BCUT2D eigenvalue weighted by atomic mass is 9.92. The largest absolute Gasteiger partial charge is 0.351 e. The summed E-state index contributed by atoms with van der Waals surface area (Å²) in [6.07, 6.45) is 3.29. The van der Waals surface area contributed by atoms with Crippen LogP contribution < -0.4 is 10.6 Å². The number of carbonyl (C=O) groups excluding carboxylic acids is 3. The highest BCUT2D eigenvalue weighted by Crippen LogP contribution is 2.27. The molecule has 1 heterocycles. The fourth-order valence-electron chi connectivity index (χ4n) is 2.34. The van der Waals surface area contributed by atoms with E-state index in [2.05, 4.69) is 10.6 Å². The third kappa shape index (κ3) is 3.31. The van der Waals surface area contributed by atoms with Crippen LogP contribution in [0, 0.1) is 5.92 Å². The zero-order valence-corrected chi connectivity index (χ0v) is 10.9. The van der Waals surface area contributed by atoms with Gasteiger partial charge in [-0.1, -0.05) is 0 Å². The van der Waals surface area contributed by atoms with Crippen molar-refractivity contribution in [2.75, 3.05) is 0 Å². The fraction of sp³-hybridized carbons (Fsp3) is 0.769. The first-order chi connectivity index (χ1) is 8.37. The molecule has 1 saturated carbocycles. The molecular weight excluding hydrogens is 232 g/mol. The highest BCUT2D eigenvalue weighted by molar-refractivity contribution is 6.36.